The second kappa shape index (κ2) is 10.5. The van der Waals surface area contributed by atoms with Crippen LogP contribution in [-0.4, -0.2) is 36.2 Å². The van der Waals surface area contributed by atoms with Gasteiger partial charge in [0.15, 0.2) is 0 Å². The lowest BCUT2D eigenvalue weighted by molar-refractivity contribution is -0.136. The number of aliphatic carboxylic acids is 1. The fourth-order valence-corrected chi connectivity index (χ4v) is 4.02. The van der Waals surface area contributed by atoms with E-state index in [0.717, 1.165) is 22.3 Å². The second-order valence-corrected chi connectivity index (χ2v) is 7.87. The molecular weight excluding hydrogens is 432 g/mol. The summed E-state index contributed by atoms with van der Waals surface area (Å²) in [5.41, 5.74) is 5.81. The van der Waals surface area contributed by atoms with E-state index >= 15 is 0 Å². The van der Waals surface area contributed by atoms with Gasteiger partial charge in [0.05, 0.1) is 6.42 Å². The summed E-state index contributed by atoms with van der Waals surface area (Å²) in [5.74, 6) is -1.29. The molecule has 0 spiro atoms. The zero-order valence-electron chi connectivity index (χ0n) is 18.4. The molecule has 0 unspecified atom stereocenters. The number of carboxylic acids is 1. The predicted octanol–water partition coefficient (Wildman–Crippen LogP) is 4.35. The molecule has 4 rings (SSSR count). The monoisotopic (exact) mass is 456 g/mol. The molecule has 3 aromatic carbocycles. The van der Waals surface area contributed by atoms with Gasteiger partial charge in [0.2, 0.25) is 5.91 Å². The van der Waals surface area contributed by atoms with Gasteiger partial charge < -0.3 is 20.5 Å². The maximum Gasteiger partial charge on any atom is 0.407 e. The van der Waals surface area contributed by atoms with Crippen LogP contribution >= 0.6 is 0 Å². The minimum atomic E-state index is -0.913. The number of carbonyl (C=O) groups excluding carboxylic acids is 2. The zero-order chi connectivity index (χ0) is 23.9. The number of anilines is 1. The van der Waals surface area contributed by atoms with Gasteiger partial charge in [-0.15, -0.1) is 0 Å². The van der Waals surface area contributed by atoms with Gasteiger partial charge in [-0.25, -0.2) is 4.79 Å². The summed E-state index contributed by atoms with van der Waals surface area (Å²) < 4.78 is 5.45. The Morgan fingerprint density at radius 1 is 0.882 bits per heavy atom. The number of ether oxygens (including phenoxy) is 1. The lowest BCUT2D eigenvalue weighted by Gasteiger charge is -2.14. The Morgan fingerprint density at radius 2 is 1.50 bits per heavy atom. The van der Waals surface area contributed by atoms with Crippen LogP contribution in [0.2, 0.25) is 0 Å². The first kappa shape index (κ1) is 22.8. The van der Waals surface area contributed by atoms with Gasteiger partial charge in [0.25, 0.3) is 0 Å². The van der Waals surface area contributed by atoms with Crippen molar-refractivity contribution in [3.63, 3.8) is 0 Å². The lowest BCUT2D eigenvalue weighted by Crippen LogP contribution is -2.26. The molecule has 2 amide bonds. The van der Waals surface area contributed by atoms with E-state index in [0.29, 0.717) is 11.3 Å². The predicted molar refractivity (Wildman–Crippen MR) is 129 cm³/mol. The minimum absolute atomic E-state index is 0.0126. The van der Waals surface area contributed by atoms with Crippen molar-refractivity contribution < 1.29 is 24.2 Å². The molecule has 172 valence electrons. The second-order valence-electron chi connectivity index (χ2n) is 7.87. The molecule has 0 aromatic heterocycles. The number of amides is 2. The molecule has 3 aromatic rings. The Bertz CT molecular complexity index is 1190. The Balaban J connectivity index is 1.23. The van der Waals surface area contributed by atoms with Crippen LogP contribution in [0.15, 0.2) is 84.9 Å². The maximum atomic E-state index is 12.2. The summed E-state index contributed by atoms with van der Waals surface area (Å²) >= 11 is 0. The van der Waals surface area contributed by atoms with Crippen molar-refractivity contribution in [3.05, 3.63) is 102 Å². The van der Waals surface area contributed by atoms with E-state index in [1.165, 1.54) is 12.2 Å². The summed E-state index contributed by atoms with van der Waals surface area (Å²) in [6.45, 7) is 0.365. The van der Waals surface area contributed by atoms with Crippen molar-refractivity contribution in [2.24, 2.45) is 0 Å². The molecule has 3 N–H and O–H groups in total. The van der Waals surface area contributed by atoms with Crippen molar-refractivity contribution in [1.82, 2.24) is 5.32 Å². The summed E-state index contributed by atoms with van der Waals surface area (Å²) in [6, 6.07) is 22.8. The summed E-state index contributed by atoms with van der Waals surface area (Å²) in [7, 11) is 0. The van der Waals surface area contributed by atoms with Crippen LogP contribution in [0.1, 0.15) is 22.6 Å². The molecule has 34 heavy (non-hydrogen) atoms. The van der Waals surface area contributed by atoms with Crippen molar-refractivity contribution in [1.29, 1.82) is 0 Å². The van der Waals surface area contributed by atoms with Gasteiger partial charge >= 0.3 is 12.1 Å². The largest absolute Gasteiger partial charge is 0.481 e. The van der Waals surface area contributed by atoms with Crippen LogP contribution in [0.3, 0.4) is 0 Å². The van der Waals surface area contributed by atoms with E-state index in [4.69, 9.17) is 9.84 Å². The van der Waals surface area contributed by atoms with E-state index < -0.39 is 12.1 Å². The molecule has 0 aliphatic heterocycles. The van der Waals surface area contributed by atoms with E-state index in [1.807, 2.05) is 24.3 Å². The highest BCUT2D eigenvalue weighted by Gasteiger charge is 2.28. The molecular formula is C27H24N2O5. The molecule has 0 saturated heterocycles. The van der Waals surface area contributed by atoms with Gasteiger partial charge in [0, 0.05) is 24.2 Å². The Morgan fingerprint density at radius 3 is 2.12 bits per heavy atom. The van der Waals surface area contributed by atoms with Crippen molar-refractivity contribution >= 4 is 23.7 Å². The van der Waals surface area contributed by atoms with Crippen LogP contribution in [0, 0.1) is 0 Å². The molecule has 1 aliphatic carbocycles. The van der Waals surface area contributed by atoms with Gasteiger partial charge in [-0.3, -0.25) is 9.59 Å². The number of hydrogen-bond acceptors (Lipinski definition) is 4. The molecule has 1 aliphatic rings. The number of nitrogens with one attached hydrogen (secondary N) is 2. The molecule has 0 heterocycles. The standard InChI is InChI=1S/C27H24N2O5/c30-25(29-19-13-11-18(12-14-19)16-26(31)32)10-5-15-28-27(33)34-17-24-22-8-3-1-6-20(22)21-7-2-4-9-23(21)24/h1-14,24H,15-17H2,(H,28,33)(H,29,30)(H,31,32)/b10-5+. The Labute approximate surface area is 197 Å². The highest BCUT2D eigenvalue weighted by atomic mass is 16.5. The first-order valence-electron chi connectivity index (χ1n) is 10.9. The van der Waals surface area contributed by atoms with Crippen LogP contribution in [-0.2, 0) is 20.7 Å². The third-order valence-electron chi connectivity index (χ3n) is 5.55. The molecule has 0 fully saturated rings. The first-order chi connectivity index (χ1) is 16.5. The number of carbonyl (C=O) groups is 3. The number of alkyl carbamates (subject to hydrolysis) is 1. The molecule has 7 heteroatoms. The van der Waals surface area contributed by atoms with Gasteiger partial charge in [-0.1, -0.05) is 66.7 Å². The third kappa shape index (κ3) is 5.50. The van der Waals surface area contributed by atoms with Crippen LogP contribution < -0.4 is 10.6 Å². The summed E-state index contributed by atoms with van der Waals surface area (Å²) in [5, 5.41) is 14.1. The fraction of sp³-hybridized carbons (Fsp3) is 0.148. The number of hydrogen-bond donors (Lipinski definition) is 3. The van der Waals surface area contributed by atoms with E-state index in [-0.39, 0.29) is 31.4 Å². The highest BCUT2D eigenvalue weighted by molar-refractivity contribution is 5.99. The summed E-state index contributed by atoms with van der Waals surface area (Å²) in [4.78, 5) is 34.9. The van der Waals surface area contributed by atoms with E-state index in [2.05, 4.69) is 34.9 Å². The molecule has 0 atom stereocenters. The van der Waals surface area contributed by atoms with Gasteiger partial charge in [0.1, 0.15) is 6.61 Å². The van der Waals surface area contributed by atoms with Crippen LogP contribution in [0.25, 0.3) is 11.1 Å². The average Bonchev–Trinajstić information content (AvgIpc) is 3.15. The maximum absolute atomic E-state index is 12.2. The van der Waals surface area contributed by atoms with E-state index in [1.54, 1.807) is 24.3 Å². The molecule has 0 bridgehead atoms. The topological polar surface area (TPSA) is 105 Å². The average molecular weight is 456 g/mol. The highest BCUT2D eigenvalue weighted by Crippen LogP contribution is 2.44. The number of benzene rings is 3. The fourth-order valence-electron chi connectivity index (χ4n) is 4.02. The van der Waals surface area contributed by atoms with Crippen LogP contribution in [0.4, 0.5) is 10.5 Å². The van der Waals surface area contributed by atoms with Gasteiger partial charge in [-0.2, -0.15) is 0 Å². The quantitative estimate of drug-likeness (QED) is 0.437. The zero-order valence-corrected chi connectivity index (χ0v) is 18.4. The number of fused-ring (bicyclic) bond motifs is 3. The molecule has 7 nitrogen and oxygen atoms in total. The van der Waals surface area contributed by atoms with Crippen molar-refractivity contribution in [2.45, 2.75) is 12.3 Å². The first-order valence-corrected chi connectivity index (χ1v) is 10.9. The van der Waals surface area contributed by atoms with E-state index in [9.17, 15) is 14.4 Å². The van der Waals surface area contributed by atoms with Crippen molar-refractivity contribution in [3.8, 4) is 11.1 Å². The van der Waals surface area contributed by atoms with Crippen LogP contribution in [0.5, 0.6) is 0 Å². The Kier molecular flexibility index (Phi) is 7.03. The molecule has 0 saturated carbocycles. The molecule has 0 radical (unpaired) electrons. The SMILES string of the molecule is O=C(O)Cc1ccc(NC(=O)/C=C/CNC(=O)OCC2c3ccccc3-c3ccccc32)cc1. The van der Waals surface area contributed by atoms with Crippen molar-refractivity contribution in [2.75, 3.05) is 18.5 Å². The number of carboxylic acid groups (broad SMARTS) is 1. The van der Waals surface area contributed by atoms with Gasteiger partial charge in [-0.05, 0) is 39.9 Å². The number of rotatable bonds is 8. The smallest absolute Gasteiger partial charge is 0.407 e. The lowest BCUT2D eigenvalue weighted by atomic mass is 9.98. The third-order valence-corrected chi connectivity index (χ3v) is 5.55. The minimum Gasteiger partial charge on any atom is -0.481 e. The normalized spacial score (nSPS) is 12.1. The Hall–Kier alpha value is -4.39. The summed E-state index contributed by atoms with van der Waals surface area (Å²) in [6.07, 6.45) is 2.21.